The molecule has 0 spiro atoms. The highest BCUT2D eigenvalue weighted by molar-refractivity contribution is 4.94. The SMILES string of the molecule is C[N+]1([C@@H]2CC[C@H]3CC[C@H]2[C@@H]3O)CCCCC1. The molecule has 0 aromatic rings. The Morgan fingerprint density at radius 3 is 2.38 bits per heavy atom. The molecule has 2 aliphatic carbocycles. The van der Waals surface area contributed by atoms with Gasteiger partial charge in [-0.2, -0.15) is 0 Å². The maximum atomic E-state index is 10.3. The summed E-state index contributed by atoms with van der Waals surface area (Å²) in [6.45, 7) is 2.72. The Morgan fingerprint density at radius 2 is 1.62 bits per heavy atom. The van der Waals surface area contributed by atoms with Crippen molar-refractivity contribution in [2.24, 2.45) is 11.8 Å². The minimum Gasteiger partial charge on any atom is -0.392 e. The van der Waals surface area contributed by atoms with Crippen LogP contribution in [0.4, 0.5) is 0 Å². The summed E-state index contributed by atoms with van der Waals surface area (Å²) in [5.74, 6) is 1.28. The zero-order valence-electron chi connectivity index (χ0n) is 10.6. The summed E-state index contributed by atoms with van der Waals surface area (Å²) < 4.78 is 1.27. The number of likely N-dealkylation sites (tertiary alicyclic amines) is 1. The van der Waals surface area contributed by atoms with Crippen LogP contribution in [0, 0.1) is 11.8 Å². The molecule has 0 aromatic heterocycles. The fraction of sp³-hybridized carbons (Fsp3) is 1.00. The van der Waals surface area contributed by atoms with Gasteiger partial charge in [0, 0.05) is 12.3 Å². The molecule has 2 saturated carbocycles. The van der Waals surface area contributed by atoms with E-state index in [0.29, 0.717) is 11.8 Å². The average Bonchev–Trinajstić information content (AvgIpc) is 2.53. The Hall–Kier alpha value is -0.0800. The summed E-state index contributed by atoms with van der Waals surface area (Å²) >= 11 is 0. The van der Waals surface area contributed by atoms with Gasteiger partial charge in [-0.05, 0) is 44.4 Å². The zero-order valence-corrected chi connectivity index (χ0v) is 10.6. The first-order valence-electron chi connectivity index (χ1n) is 7.23. The first-order valence-corrected chi connectivity index (χ1v) is 7.23. The maximum Gasteiger partial charge on any atom is 0.0941 e. The Morgan fingerprint density at radius 1 is 0.938 bits per heavy atom. The Kier molecular flexibility index (Phi) is 2.75. The largest absolute Gasteiger partial charge is 0.392 e. The number of nitrogens with zero attached hydrogens (tertiary/aromatic N) is 1. The third-order valence-electron chi connectivity index (χ3n) is 5.76. The first-order chi connectivity index (χ1) is 7.71. The van der Waals surface area contributed by atoms with Crippen molar-refractivity contribution in [3.63, 3.8) is 0 Å². The fourth-order valence-corrected chi connectivity index (χ4v) is 4.77. The molecule has 3 aliphatic rings. The molecule has 2 bridgehead atoms. The van der Waals surface area contributed by atoms with Gasteiger partial charge < -0.3 is 9.59 Å². The molecule has 2 nitrogen and oxygen atoms in total. The second-order valence-corrected chi connectivity index (χ2v) is 6.62. The van der Waals surface area contributed by atoms with Crippen LogP contribution in [0.5, 0.6) is 0 Å². The lowest BCUT2D eigenvalue weighted by Gasteiger charge is -2.49. The van der Waals surface area contributed by atoms with E-state index in [0.717, 1.165) is 6.04 Å². The molecule has 0 amide bonds. The molecule has 0 unspecified atom stereocenters. The highest BCUT2D eigenvalue weighted by Gasteiger charge is 2.50. The molecule has 3 rings (SSSR count). The summed E-state index contributed by atoms with van der Waals surface area (Å²) in [5, 5.41) is 10.3. The van der Waals surface area contributed by atoms with Gasteiger partial charge >= 0.3 is 0 Å². The summed E-state index contributed by atoms with van der Waals surface area (Å²) in [5.41, 5.74) is 0. The van der Waals surface area contributed by atoms with Gasteiger partial charge in [0.25, 0.3) is 0 Å². The predicted molar refractivity (Wildman–Crippen MR) is 65.0 cm³/mol. The van der Waals surface area contributed by atoms with Gasteiger partial charge in [0.15, 0.2) is 0 Å². The van der Waals surface area contributed by atoms with Crippen LogP contribution in [-0.4, -0.2) is 41.9 Å². The fourth-order valence-electron chi connectivity index (χ4n) is 4.77. The second-order valence-electron chi connectivity index (χ2n) is 6.62. The molecule has 16 heavy (non-hydrogen) atoms. The molecular formula is C14H26NO+. The quantitative estimate of drug-likeness (QED) is 0.677. The van der Waals surface area contributed by atoms with Gasteiger partial charge in [0.1, 0.15) is 0 Å². The third kappa shape index (κ3) is 1.62. The van der Waals surface area contributed by atoms with Crippen LogP contribution in [-0.2, 0) is 0 Å². The number of hydrogen-bond donors (Lipinski definition) is 1. The zero-order chi connectivity index (χ0) is 11.2. The van der Waals surface area contributed by atoms with Crippen molar-refractivity contribution in [1.29, 1.82) is 0 Å². The third-order valence-corrected chi connectivity index (χ3v) is 5.76. The van der Waals surface area contributed by atoms with Crippen LogP contribution in [0.2, 0.25) is 0 Å². The summed E-state index contributed by atoms with van der Waals surface area (Å²) in [6, 6.07) is 0.772. The smallest absolute Gasteiger partial charge is 0.0941 e. The van der Waals surface area contributed by atoms with Gasteiger partial charge in [-0.3, -0.25) is 0 Å². The molecule has 3 fully saturated rings. The van der Waals surface area contributed by atoms with Crippen LogP contribution in [0.1, 0.15) is 44.9 Å². The van der Waals surface area contributed by atoms with Crippen LogP contribution in [0.3, 0.4) is 0 Å². The van der Waals surface area contributed by atoms with Crippen molar-refractivity contribution in [2.45, 2.75) is 57.1 Å². The van der Waals surface area contributed by atoms with E-state index in [1.54, 1.807) is 0 Å². The van der Waals surface area contributed by atoms with Gasteiger partial charge in [0.2, 0.25) is 0 Å². The van der Waals surface area contributed by atoms with Gasteiger partial charge in [-0.25, -0.2) is 0 Å². The van der Waals surface area contributed by atoms with Crippen LogP contribution in [0.15, 0.2) is 0 Å². The minimum absolute atomic E-state index is 0.0376. The van der Waals surface area contributed by atoms with E-state index >= 15 is 0 Å². The summed E-state index contributed by atoms with van der Waals surface area (Å²) in [6.07, 6.45) is 9.52. The highest BCUT2D eigenvalue weighted by Crippen LogP contribution is 2.46. The molecule has 0 radical (unpaired) electrons. The lowest BCUT2D eigenvalue weighted by molar-refractivity contribution is -0.942. The first kappa shape index (κ1) is 11.0. The molecule has 1 saturated heterocycles. The highest BCUT2D eigenvalue weighted by atomic mass is 16.3. The lowest BCUT2D eigenvalue weighted by Crippen LogP contribution is -2.60. The van der Waals surface area contributed by atoms with Crippen molar-refractivity contribution in [1.82, 2.24) is 0 Å². The number of piperidine rings is 1. The standard InChI is InChI=1S/C14H26NO/c1-15(9-3-2-4-10-15)13-8-6-11-5-7-12(13)14(11)16/h11-14,16H,2-10H2,1H3/q+1/t11-,12-,13-,14-/m1/s1. The topological polar surface area (TPSA) is 20.2 Å². The van der Waals surface area contributed by atoms with Crippen molar-refractivity contribution in [3.05, 3.63) is 0 Å². The molecular weight excluding hydrogens is 198 g/mol. The van der Waals surface area contributed by atoms with Gasteiger partial charge in [0.05, 0.1) is 32.3 Å². The minimum atomic E-state index is 0.0376. The lowest BCUT2D eigenvalue weighted by atomic mass is 9.80. The van der Waals surface area contributed by atoms with Crippen LogP contribution in [0.25, 0.3) is 0 Å². The van der Waals surface area contributed by atoms with E-state index in [1.807, 2.05) is 0 Å². The normalized spacial score (nSPS) is 46.9. The van der Waals surface area contributed by atoms with Crippen LogP contribution < -0.4 is 0 Å². The number of hydrogen-bond acceptors (Lipinski definition) is 1. The molecule has 4 atom stereocenters. The molecule has 2 heteroatoms. The van der Waals surface area contributed by atoms with Gasteiger partial charge in [-0.1, -0.05) is 0 Å². The summed E-state index contributed by atoms with van der Waals surface area (Å²) in [7, 11) is 2.45. The Balaban J connectivity index is 1.78. The number of rotatable bonds is 1. The number of aliphatic hydroxyl groups is 1. The number of aliphatic hydroxyl groups excluding tert-OH is 1. The maximum absolute atomic E-state index is 10.3. The Bertz CT molecular complexity index is 259. The van der Waals surface area contributed by atoms with E-state index in [1.165, 1.54) is 62.5 Å². The van der Waals surface area contributed by atoms with E-state index in [2.05, 4.69) is 7.05 Å². The molecule has 1 heterocycles. The second kappa shape index (κ2) is 3.99. The number of fused-ring (bicyclic) bond motifs is 2. The predicted octanol–water partition coefficient (Wildman–Crippen LogP) is 2.17. The van der Waals surface area contributed by atoms with E-state index in [9.17, 15) is 5.11 Å². The van der Waals surface area contributed by atoms with Gasteiger partial charge in [-0.15, -0.1) is 0 Å². The van der Waals surface area contributed by atoms with Crippen molar-refractivity contribution in [3.8, 4) is 0 Å². The Labute approximate surface area is 99.2 Å². The molecule has 1 aliphatic heterocycles. The average molecular weight is 224 g/mol. The van der Waals surface area contributed by atoms with Crippen molar-refractivity contribution in [2.75, 3.05) is 20.1 Å². The molecule has 92 valence electrons. The number of quaternary nitrogens is 1. The monoisotopic (exact) mass is 224 g/mol. The van der Waals surface area contributed by atoms with E-state index in [4.69, 9.17) is 0 Å². The molecule has 1 N–H and O–H groups in total. The van der Waals surface area contributed by atoms with Crippen molar-refractivity contribution < 1.29 is 9.59 Å². The van der Waals surface area contributed by atoms with E-state index in [-0.39, 0.29) is 6.10 Å². The van der Waals surface area contributed by atoms with Crippen LogP contribution >= 0.6 is 0 Å². The molecule has 0 aromatic carbocycles. The van der Waals surface area contributed by atoms with E-state index < -0.39 is 0 Å². The van der Waals surface area contributed by atoms with Crippen molar-refractivity contribution >= 4 is 0 Å². The summed E-state index contributed by atoms with van der Waals surface area (Å²) in [4.78, 5) is 0.